The van der Waals surface area contributed by atoms with Crippen LogP contribution in [-0.4, -0.2) is 20.0 Å². The molecule has 0 bridgehead atoms. The molecule has 1 heterocycles. The summed E-state index contributed by atoms with van der Waals surface area (Å²) in [6, 6.07) is 8.58. The number of nitrogens with zero attached hydrogens (tertiary/aromatic N) is 3. The molecule has 1 aliphatic carbocycles. The van der Waals surface area contributed by atoms with Crippen molar-refractivity contribution < 1.29 is 0 Å². The molecule has 0 spiro atoms. The first-order valence-corrected chi connectivity index (χ1v) is 7.40. The highest BCUT2D eigenvalue weighted by Crippen LogP contribution is 2.43. The van der Waals surface area contributed by atoms with Crippen molar-refractivity contribution in [3.63, 3.8) is 0 Å². The van der Waals surface area contributed by atoms with E-state index in [-0.39, 0.29) is 6.04 Å². The maximum atomic E-state index is 6.44. The Morgan fingerprint density at radius 3 is 2.74 bits per heavy atom. The number of nitrogens with two attached hydrogens (primary N) is 1. The number of aryl methyl sites for hydroxylation is 1. The molecular formula is C14H18N4S. The average molecular weight is 274 g/mol. The second kappa shape index (κ2) is 4.98. The van der Waals surface area contributed by atoms with Crippen molar-refractivity contribution in [1.29, 1.82) is 0 Å². The summed E-state index contributed by atoms with van der Waals surface area (Å²) in [6.07, 6.45) is 2.67. The van der Waals surface area contributed by atoms with E-state index >= 15 is 0 Å². The second-order valence-corrected chi connectivity index (χ2v) is 6.32. The number of hydrogen-bond donors (Lipinski definition) is 1. The highest BCUT2D eigenvalue weighted by atomic mass is 32.2. The van der Waals surface area contributed by atoms with Gasteiger partial charge in [-0.15, -0.1) is 0 Å². The largest absolute Gasteiger partial charge is 0.323 e. The standard InChI is InChI=1S/C14H18N4S/c1-9-7-12(19-14-16-8-17-18(14)2)13(15)11-6-4-3-5-10(9)11/h3-6,8-9,12-13H,7,15H2,1-2H3. The van der Waals surface area contributed by atoms with Crippen LogP contribution in [-0.2, 0) is 7.05 Å². The molecule has 0 aliphatic heterocycles. The van der Waals surface area contributed by atoms with E-state index in [0.29, 0.717) is 11.2 Å². The van der Waals surface area contributed by atoms with Gasteiger partial charge in [0, 0.05) is 18.3 Å². The van der Waals surface area contributed by atoms with E-state index in [0.717, 1.165) is 11.6 Å². The summed E-state index contributed by atoms with van der Waals surface area (Å²) in [6.45, 7) is 2.27. The smallest absolute Gasteiger partial charge is 0.186 e. The second-order valence-electron chi connectivity index (χ2n) is 5.11. The zero-order chi connectivity index (χ0) is 13.4. The Kier molecular flexibility index (Phi) is 3.33. The summed E-state index contributed by atoms with van der Waals surface area (Å²) in [4.78, 5) is 4.28. The van der Waals surface area contributed by atoms with E-state index in [2.05, 4.69) is 41.3 Å². The lowest BCUT2D eigenvalue weighted by Crippen LogP contribution is -2.31. The number of benzene rings is 1. The predicted octanol–water partition coefficient (Wildman–Crippen LogP) is 2.48. The van der Waals surface area contributed by atoms with E-state index in [9.17, 15) is 0 Å². The van der Waals surface area contributed by atoms with Gasteiger partial charge in [-0.1, -0.05) is 43.0 Å². The van der Waals surface area contributed by atoms with Crippen LogP contribution in [0.1, 0.15) is 36.4 Å². The molecule has 1 aromatic heterocycles. The maximum absolute atomic E-state index is 6.44. The number of thioether (sulfide) groups is 1. The molecule has 0 saturated carbocycles. The Labute approximate surface area is 117 Å². The molecule has 2 N–H and O–H groups in total. The van der Waals surface area contributed by atoms with Gasteiger partial charge in [0.25, 0.3) is 0 Å². The number of aromatic nitrogens is 3. The van der Waals surface area contributed by atoms with Crippen LogP contribution in [0.25, 0.3) is 0 Å². The lowest BCUT2D eigenvalue weighted by atomic mass is 9.81. The molecule has 100 valence electrons. The Hall–Kier alpha value is -1.33. The summed E-state index contributed by atoms with van der Waals surface area (Å²) < 4.78 is 1.81. The monoisotopic (exact) mass is 274 g/mol. The van der Waals surface area contributed by atoms with E-state index in [4.69, 9.17) is 5.73 Å². The van der Waals surface area contributed by atoms with Crippen LogP contribution in [0, 0.1) is 0 Å². The minimum atomic E-state index is 0.0640. The normalized spacial score (nSPS) is 26.2. The van der Waals surface area contributed by atoms with Crippen LogP contribution in [0.2, 0.25) is 0 Å². The third-order valence-electron chi connectivity index (χ3n) is 3.80. The Morgan fingerprint density at radius 2 is 2.05 bits per heavy atom. The summed E-state index contributed by atoms with van der Waals surface area (Å²) in [5.41, 5.74) is 9.11. The van der Waals surface area contributed by atoms with Gasteiger partial charge in [-0.25, -0.2) is 9.67 Å². The lowest BCUT2D eigenvalue weighted by molar-refractivity contribution is 0.525. The Balaban J connectivity index is 1.88. The van der Waals surface area contributed by atoms with Crippen molar-refractivity contribution in [3.05, 3.63) is 41.7 Å². The van der Waals surface area contributed by atoms with Crippen LogP contribution in [0.4, 0.5) is 0 Å². The molecule has 0 saturated heterocycles. The predicted molar refractivity (Wildman–Crippen MR) is 77.1 cm³/mol. The lowest BCUT2D eigenvalue weighted by Gasteiger charge is -2.34. The molecule has 0 radical (unpaired) electrons. The quantitative estimate of drug-likeness (QED) is 0.914. The van der Waals surface area contributed by atoms with Gasteiger partial charge in [-0.05, 0) is 23.5 Å². The minimum Gasteiger partial charge on any atom is -0.323 e. The van der Waals surface area contributed by atoms with Crippen LogP contribution in [0.15, 0.2) is 35.7 Å². The first-order chi connectivity index (χ1) is 9.16. The van der Waals surface area contributed by atoms with E-state index in [1.807, 2.05) is 11.7 Å². The zero-order valence-electron chi connectivity index (χ0n) is 11.2. The zero-order valence-corrected chi connectivity index (χ0v) is 12.0. The third kappa shape index (κ3) is 2.28. The third-order valence-corrected chi connectivity index (χ3v) is 5.17. The van der Waals surface area contributed by atoms with Crippen molar-refractivity contribution in [2.75, 3.05) is 0 Å². The Bertz CT molecular complexity index is 580. The molecule has 2 aromatic rings. The first kappa shape index (κ1) is 12.7. The summed E-state index contributed by atoms with van der Waals surface area (Å²) >= 11 is 1.74. The molecular weight excluding hydrogens is 256 g/mol. The summed E-state index contributed by atoms with van der Waals surface area (Å²) in [7, 11) is 1.92. The molecule has 19 heavy (non-hydrogen) atoms. The van der Waals surface area contributed by atoms with E-state index in [1.54, 1.807) is 18.1 Å². The van der Waals surface area contributed by atoms with E-state index in [1.165, 1.54) is 11.1 Å². The molecule has 3 unspecified atom stereocenters. The SMILES string of the molecule is CC1CC(Sc2ncnn2C)C(N)c2ccccc21. The van der Waals surface area contributed by atoms with Crippen molar-refractivity contribution in [2.24, 2.45) is 12.8 Å². The van der Waals surface area contributed by atoms with Crippen LogP contribution < -0.4 is 5.73 Å². The van der Waals surface area contributed by atoms with Crippen molar-refractivity contribution in [3.8, 4) is 0 Å². The topological polar surface area (TPSA) is 56.7 Å². The first-order valence-electron chi connectivity index (χ1n) is 6.52. The van der Waals surface area contributed by atoms with Gasteiger partial charge >= 0.3 is 0 Å². The minimum absolute atomic E-state index is 0.0640. The fourth-order valence-electron chi connectivity index (χ4n) is 2.73. The molecule has 5 heteroatoms. The number of rotatable bonds is 2. The summed E-state index contributed by atoms with van der Waals surface area (Å²) in [5, 5.41) is 5.41. The van der Waals surface area contributed by atoms with Crippen molar-refractivity contribution in [2.45, 2.75) is 35.7 Å². The van der Waals surface area contributed by atoms with E-state index < -0.39 is 0 Å². The molecule has 1 aliphatic rings. The number of hydrogen-bond acceptors (Lipinski definition) is 4. The average Bonchev–Trinajstić information content (AvgIpc) is 2.81. The molecule has 0 amide bonds. The van der Waals surface area contributed by atoms with Gasteiger partial charge in [0.05, 0.1) is 0 Å². The fourth-order valence-corrected chi connectivity index (χ4v) is 3.99. The van der Waals surface area contributed by atoms with Crippen molar-refractivity contribution in [1.82, 2.24) is 14.8 Å². The fraction of sp³-hybridized carbons (Fsp3) is 0.429. The van der Waals surface area contributed by atoms with Gasteiger partial charge in [0.2, 0.25) is 0 Å². The Morgan fingerprint density at radius 1 is 1.32 bits per heavy atom. The van der Waals surface area contributed by atoms with Gasteiger partial charge < -0.3 is 5.73 Å². The molecule has 3 atom stereocenters. The van der Waals surface area contributed by atoms with Crippen LogP contribution in [0.3, 0.4) is 0 Å². The van der Waals surface area contributed by atoms with Gasteiger partial charge in [0.15, 0.2) is 5.16 Å². The molecule has 1 aromatic carbocycles. The highest BCUT2D eigenvalue weighted by Gasteiger charge is 2.32. The maximum Gasteiger partial charge on any atom is 0.186 e. The molecule has 4 nitrogen and oxygen atoms in total. The van der Waals surface area contributed by atoms with Crippen molar-refractivity contribution >= 4 is 11.8 Å². The van der Waals surface area contributed by atoms with Crippen LogP contribution >= 0.6 is 11.8 Å². The highest BCUT2D eigenvalue weighted by molar-refractivity contribution is 7.99. The van der Waals surface area contributed by atoms with Gasteiger partial charge in [0.1, 0.15) is 6.33 Å². The molecule has 0 fully saturated rings. The van der Waals surface area contributed by atoms with Gasteiger partial charge in [-0.2, -0.15) is 5.10 Å². The van der Waals surface area contributed by atoms with Crippen LogP contribution in [0.5, 0.6) is 0 Å². The molecule has 3 rings (SSSR count). The summed E-state index contributed by atoms with van der Waals surface area (Å²) in [5.74, 6) is 0.543. The van der Waals surface area contributed by atoms with Gasteiger partial charge in [-0.3, -0.25) is 0 Å². The number of fused-ring (bicyclic) bond motifs is 1.